The van der Waals surface area contributed by atoms with E-state index in [1.807, 2.05) is 48.5 Å². The van der Waals surface area contributed by atoms with E-state index in [2.05, 4.69) is 10.6 Å². The maximum Gasteiger partial charge on any atom is 0.321 e. The number of thioether (sulfide) groups is 1. The van der Waals surface area contributed by atoms with Crippen LogP contribution < -0.4 is 24.8 Å². The van der Waals surface area contributed by atoms with Crippen LogP contribution in [0.1, 0.15) is 0 Å². The highest BCUT2D eigenvalue weighted by atomic mass is 32.2. The van der Waals surface area contributed by atoms with E-state index in [0.29, 0.717) is 18.1 Å². The van der Waals surface area contributed by atoms with Gasteiger partial charge in [0, 0.05) is 4.90 Å². The highest BCUT2D eigenvalue weighted by molar-refractivity contribution is 8.00. The highest BCUT2D eigenvalue weighted by Gasteiger charge is 2.21. The van der Waals surface area contributed by atoms with E-state index in [4.69, 9.17) is 14.2 Å². The SMILES string of the molecule is COc1ccc(SCC(=O)NC(=O)NC[C@@H]2COc3ccccc3O2)cc1. The summed E-state index contributed by atoms with van der Waals surface area (Å²) in [4.78, 5) is 24.7. The Bertz CT molecular complexity index is 797. The van der Waals surface area contributed by atoms with Crippen molar-refractivity contribution in [2.45, 2.75) is 11.0 Å². The van der Waals surface area contributed by atoms with Gasteiger partial charge in [-0.25, -0.2) is 4.79 Å². The van der Waals surface area contributed by atoms with Crippen LogP contribution in [-0.2, 0) is 4.79 Å². The fraction of sp³-hybridized carbons (Fsp3) is 0.263. The quantitative estimate of drug-likeness (QED) is 0.740. The number of hydrogen-bond donors (Lipinski definition) is 2. The van der Waals surface area contributed by atoms with Crippen LogP contribution in [0.4, 0.5) is 4.79 Å². The van der Waals surface area contributed by atoms with Crippen LogP contribution in [-0.4, -0.2) is 44.1 Å². The molecule has 3 amide bonds. The van der Waals surface area contributed by atoms with Crippen molar-refractivity contribution in [1.82, 2.24) is 10.6 Å². The van der Waals surface area contributed by atoms with Crippen LogP contribution >= 0.6 is 11.8 Å². The second-order valence-electron chi connectivity index (χ2n) is 5.72. The van der Waals surface area contributed by atoms with Gasteiger partial charge in [0.05, 0.1) is 19.4 Å². The van der Waals surface area contributed by atoms with E-state index in [1.54, 1.807) is 7.11 Å². The van der Waals surface area contributed by atoms with E-state index in [9.17, 15) is 9.59 Å². The second-order valence-corrected chi connectivity index (χ2v) is 6.77. The van der Waals surface area contributed by atoms with Crippen molar-refractivity contribution in [3.05, 3.63) is 48.5 Å². The molecule has 0 spiro atoms. The van der Waals surface area contributed by atoms with Crippen molar-refractivity contribution in [3.63, 3.8) is 0 Å². The molecule has 142 valence electrons. The molecule has 0 aromatic heterocycles. The third kappa shape index (κ3) is 5.55. The van der Waals surface area contributed by atoms with Crippen LogP contribution in [0.3, 0.4) is 0 Å². The molecule has 0 fully saturated rings. The number of ether oxygens (including phenoxy) is 3. The van der Waals surface area contributed by atoms with E-state index >= 15 is 0 Å². The molecule has 0 bridgehead atoms. The predicted molar refractivity (Wildman–Crippen MR) is 102 cm³/mol. The summed E-state index contributed by atoms with van der Waals surface area (Å²) in [6.45, 7) is 0.567. The number of fused-ring (bicyclic) bond motifs is 1. The molecule has 27 heavy (non-hydrogen) atoms. The van der Waals surface area contributed by atoms with Crippen molar-refractivity contribution >= 4 is 23.7 Å². The normalized spacial score (nSPS) is 14.9. The Morgan fingerprint density at radius 3 is 2.63 bits per heavy atom. The van der Waals surface area contributed by atoms with Gasteiger partial charge in [-0.3, -0.25) is 10.1 Å². The van der Waals surface area contributed by atoms with Crippen LogP contribution in [0, 0.1) is 0 Å². The Labute approximate surface area is 161 Å². The van der Waals surface area contributed by atoms with E-state index in [0.717, 1.165) is 10.6 Å². The van der Waals surface area contributed by atoms with Crippen molar-refractivity contribution in [3.8, 4) is 17.2 Å². The number of urea groups is 1. The van der Waals surface area contributed by atoms with Crippen LogP contribution in [0.2, 0.25) is 0 Å². The number of methoxy groups -OCH3 is 1. The number of hydrogen-bond acceptors (Lipinski definition) is 6. The van der Waals surface area contributed by atoms with Gasteiger partial charge in [0.2, 0.25) is 5.91 Å². The van der Waals surface area contributed by atoms with Gasteiger partial charge in [-0.05, 0) is 36.4 Å². The zero-order valence-electron chi connectivity index (χ0n) is 14.8. The van der Waals surface area contributed by atoms with Gasteiger partial charge in [0.15, 0.2) is 17.6 Å². The number of nitrogens with one attached hydrogen (secondary N) is 2. The standard InChI is InChI=1S/C19H20N2O5S/c1-24-13-6-8-15(9-7-13)27-12-18(22)21-19(23)20-10-14-11-25-16-4-2-3-5-17(16)26-14/h2-9,14H,10-12H2,1H3,(H2,20,21,22,23)/t14-/m1/s1. The molecule has 0 saturated heterocycles. The summed E-state index contributed by atoms with van der Waals surface area (Å²) >= 11 is 1.34. The summed E-state index contributed by atoms with van der Waals surface area (Å²) in [6.07, 6.45) is -0.311. The molecule has 1 atom stereocenters. The minimum Gasteiger partial charge on any atom is -0.497 e. The summed E-state index contributed by atoms with van der Waals surface area (Å²) < 4.78 is 16.4. The lowest BCUT2D eigenvalue weighted by atomic mass is 10.2. The lowest BCUT2D eigenvalue weighted by Gasteiger charge is -2.26. The van der Waals surface area contributed by atoms with Crippen LogP contribution in [0.5, 0.6) is 17.2 Å². The predicted octanol–water partition coefficient (Wildman–Crippen LogP) is 2.45. The van der Waals surface area contributed by atoms with E-state index in [-0.39, 0.29) is 24.3 Å². The first-order valence-electron chi connectivity index (χ1n) is 8.37. The van der Waals surface area contributed by atoms with E-state index < -0.39 is 6.03 Å². The number of para-hydroxylation sites is 2. The molecule has 0 aliphatic carbocycles. The molecule has 8 heteroatoms. The molecule has 0 radical (unpaired) electrons. The summed E-state index contributed by atoms with van der Waals surface area (Å²) in [5.74, 6) is 1.84. The monoisotopic (exact) mass is 388 g/mol. The average molecular weight is 388 g/mol. The third-order valence-electron chi connectivity index (χ3n) is 3.74. The van der Waals surface area contributed by atoms with Gasteiger partial charge < -0.3 is 19.5 Å². The van der Waals surface area contributed by atoms with Crippen molar-refractivity contribution in [2.24, 2.45) is 0 Å². The van der Waals surface area contributed by atoms with Gasteiger partial charge in [-0.2, -0.15) is 0 Å². The lowest BCUT2D eigenvalue weighted by Crippen LogP contribution is -2.46. The number of carbonyl (C=O) groups excluding carboxylic acids is 2. The fourth-order valence-electron chi connectivity index (χ4n) is 2.40. The first kappa shape index (κ1) is 18.9. The number of carbonyl (C=O) groups is 2. The zero-order valence-corrected chi connectivity index (χ0v) is 15.6. The Hall–Kier alpha value is -2.87. The Morgan fingerprint density at radius 1 is 1.15 bits per heavy atom. The van der Waals surface area contributed by atoms with Crippen molar-refractivity contribution in [1.29, 1.82) is 0 Å². The van der Waals surface area contributed by atoms with Gasteiger partial charge in [0.25, 0.3) is 0 Å². The number of rotatable bonds is 6. The summed E-state index contributed by atoms with van der Waals surface area (Å²) in [5.41, 5.74) is 0. The van der Waals surface area contributed by atoms with Crippen LogP contribution in [0.25, 0.3) is 0 Å². The topological polar surface area (TPSA) is 85.9 Å². The largest absolute Gasteiger partial charge is 0.497 e. The number of amides is 3. The minimum atomic E-state index is -0.558. The fourth-order valence-corrected chi connectivity index (χ4v) is 3.10. The second kappa shape index (κ2) is 9.18. The molecule has 1 aliphatic rings. The lowest BCUT2D eigenvalue weighted by molar-refractivity contribution is -0.117. The smallest absolute Gasteiger partial charge is 0.321 e. The maximum absolute atomic E-state index is 11.9. The highest BCUT2D eigenvalue weighted by Crippen LogP contribution is 2.30. The Balaban J connectivity index is 1.37. The molecule has 3 rings (SSSR count). The van der Waals surface area contributed by atoms with Crippen molar-refractivity contribution < 1.29 is 23.8 Å². The maximum atomic E-state index is 11.9. The molecular weight excluding hydrogens is 368 g/mol. The molecule has 1 aliphatic heterocycles. The minimum absolute atomic E-state index is 0.135. The Kier molecular flexibility index (Phi) is 6.43. The Morgan fingerprint density at radius 2 is 1.89 bits per heavy atom. The molecule has 2 aromatic carbocycles. The average Bonchev–Trinajstić information content (AvgIpc) is 2.71. The molecule has 7 nitrogen and oxygen atoms in total. The first-order chi connectivity index (χ1) is 13.1. The van der Waals surface area contributed by atoms with Gasteiger partial charge in [-0.15, -0.1) is 11.8 Å². The molecule has 1 heterocycles. The summed E-state index contributed by atoms with van der Waals surface area (Å²) in [6, 6.07) is 14.1. The van der Waals surface area contributed by atoms with Crippen molar-refractivity contribution in [2.75, 3.05) is 26.0 Å². The van der Waals surface area contributed by atoms with Gasteiger partial charge in [0.1, 0.15) is 12.4 Å². The molecule has 0 saturated carbocycles. The first-order valence-corrected chi connectivity index (χ1v) is 9.35. The zero-order chi connectivity index (χ0) is 19.1. The van der Waals surface area contributed by atoms with Crippen LogP contribution in [0.15, 0.2) is 53.4 Å². The molecule has 2 N–H and O–H groups in total. The van der Waals surface area contributed by atoms with Gasteiger partial charge in [-0.1, -0.05) is 12.1 Å². The summed E-state index contributed by atoms with van der Waals surface area (Å²) in [7, 11) is 1.59. The number of benzene rings is 2. The molecule has 0 unspecified atom stereocenters. The summed E-state index contributed by atoms with van der Waals surface area (Å²) in [5, 5.41) is 4.93. The van der Waals surface area contributed by atoms with E-state index in [1.165, 1.54) is 11.8 Å². The molecule has 2 aromatic rings. The third-order valence-corrected chi connectivity index (χ3v) is 4.75. The molecular formula is C19H20N2O5S. The van der Waals surface area contributed by atoms with Gasteiger partial charge >= 0.3 is 6.03 Å². The number of imide groups is 1.